The second kappa shape index (κ2) is 6.53. The number of hydrogen-bond acceptors (Lipinski definition) is 2. The average Bonchev–Trinajstić information content (AvgIpc) is 3.39. The van der Waals surface area contributed by atoms with Crippen molar-refractivity contribution >= 4 is 82.8 Å². The van der Waals surface area contributed by atoms with Crippen molar-refractivity contribution in [3.05, 3.63) is 118 Å². The van der Waals surface area contributed by atoms with Gasteiger partial charge in [0.15, 0.2) is 0 Å². The molecule has 0 aromatic heterocycles. The molecule has 0 saturated heterocycles. The number of esters is 1. The van der Waals surface area contributed by atoms with Crippen LogP contribution in [0.1, 0.15) is 58.2 Å². The minimum atomic E-state index is -0.205. The van der Waals surface area contributed by atoms with E-state index >= 15 is 0 Å². The van der Waals surface area contributed by atoms with E-state index in [0.29, 0.717) is 6.42 Å². The zero-order valence-corrected chi connectivity index (χ0v) is 24.8. The first kappa shape index (κ1) is 22.5. The van der Waals surface area contributed by atoms with E-state index < -0.39 is 0 Å². The predicted molar refractivity (Wildman–Crippen MR) is 183 cm³/mol. The van der Waals surface area contributed by atoms with E-state index in [-0.39, 0.29) is 22.2 Å². The zero-order chi connectivity index (χ0) is 29.2. The Morgan fingerprint density at radius 1 is 0.733 bits per heavy atom. The summed E-state index contributed by atoms with van der Waals surface area (Å²) in [5, 5.41) is 17.7. The van der Waals surface area contributed by atoms with Crippen LogP contribution < -0.4 is 0 Å². The van der Waals surface area contributed by atoms with Gasteiger partial charge in [-0.05, 0) is 123 Å². The first-order valence-electron chi connectivity index (χ1n) is 16.4. The van der Waals surface area contributed by atoms with E-state index in [9.17, 15) is 4.79 Å². The molecule has 8 aromatic rings. The molecular formula is C43H26O2. The molecule has 1 saturated carbocycles. The third-order valence-electron chi connectivity index (χ3n) is 13.4. The summed E-state index contributed by atoms with van der Waals surface area (Å²) in [4.78, 5) is 12.5. The molecule has 0 heterocycles. The molecule has 5 aliphatic rings. The van der Waals surface area contributed by atoms with Gasteiger partial charge in [-0.1, -0.05) is 91.0 Å². The number of ether oxygens (including phenoxy) is 1. The highest BCUT2D eigenvalue weighted by Crippen LogP contribution is 2.90. The number of carbonyl (C=O) groups is 1. The molecule has 3 unspecified atom stereocenters. The molecule has 0 aliphatic heterocycles. The quantitative estimate of drug-likeness (QED) is 0.151. The Balaban J connectivity index is 1.30. The molecule has 0 N–H and O–H groups in total. The van der Waals surface area contributed by atoms with Crippen LogP contribution in [0, 0.1) is 5.41 Å². The molecule has 0 bridgehead atoms. The first-order chi connectivity index (χ1) is 22.2. The Morgan fingerprint density at radius 3 is 2.36 bits per heavy atom. The monoisotopic (exact) mass is 574 g/mol. The molecule has 2 heteroatoms. The first-order valence-corrected chi connectivity index (χ1v) is 16.4. The van der Waals surface area contributed by atoms with Crippen molar-refractivity contribution in [2.45, 2.75) is 36.5 Å². The molecule has 13 rings (SSSR count). The molecular weight excluding hydrogens is 548 g/mol. The Kier molecular flexibility index (Phi) is 3.27. The van der Waals surface area contributed by atoms with Gasteiger partial charge in [0.05, 0.1) is 7.11 Å². The number of carbonyl (C=O) groups excluding carboxylic acids is 1. The van der Waals surface area contributed by atoms with E-state index in [2.05, 4.69) is 91.0 Å². The summed E-state index contributed by atoms with van der Waals surface area (Å²) >= 11 is 0. The maximum Gasteiger partial charge on any atom is 0.305 e. The van der Waals surface area contributed by atoms with Gasteiger partial charge in [-0.3, -0.25) is 4.79 Å². The Labute approximate surface area is 258 Å². The molecule has 8 aromatic carbocycles. The van der Waals surface area contributed by atoms with Gasteiger partial charge >= 0.3 is 5.97 Å². The summed E-state index contributed by atoms with van der Waals surface area (Å²) in [7, 11) is 1.51. The minimum Gasteiger partial charge on any atom is -0.469 e. The van der Waals surface area contributed by atoms with Crippen molar-refractivity contribution in [1.29, 1.82) is 0 Å². The van der Waals surface area contributed by atoms with Crippen molar-refractivity contribution in [1.82, 2.24) is 0 Å². The maximum atomic E-state index is 12.5. The average molecular weight is 575 g/mol. The van der Waals surface area contributed by atoms with E-state index in [1.54, 1.807) is 11.1 Å². The lowest BCUT2D eigenvalue weighted by Gasteiger charge is -2.30. The van der Waals surface area contributed by atoms with E-state index in [0.717, 1.165) is 19.3 Å². The Morgan fingerprint density at radius 2 is 1.47 bits per heavy atom. The lowest BCUT2D eigenvalue weighted by molar-refractivity contribution is -0.140. The molecule has 0 radical (unpaired) electrons. The minimum absolute atomic E-state index is 0.119. The lowest BCUT2D eigenvalue weighted by Crippen LogP contribution is -2.25. The van der Waals surface area contributed by atoms with E-state index in [4.69, 9.17) is 4.74 Å². The van der Waals surface area contributed by atoms with Gasteiger partial charge in [0.1, 0.15) is 0 Å². The van der Waals surface area contributed by atoms with Crippen molar-refractivity contribution < 1.29 is 9.53 Å². The van der Waals surface area contributed by atoms with Crippen molar-refractivity contribution in [2.24, 2.45) is 5.41 Å². The summed E-state index contributed by atoms with van der Waals surface area (Å²) in [6.07, 6.45) is 13.3. The van der Waals surface area contributed by atoms with Crippen LogP contribution >= 0.6 is 0 Å². The fourth-order valence-corrected chi connectivity index (χ4v) is 12.3. The Hall–Kier alpha value is -4.95. The molecule has 0 amide bonds. The van der Waals surface area contributed by atoms with Crippen LogP contribution in [-0.2, 0) is 26.8 Å². The van der Waals surface area contributed by atoms with Crippen LogP contribution in [0.3, 0.4) is 0 Å². The predicted octanol–water partition coefficient (Wildman–Crippen LogP) is 9.76. The highest BCUT2D eigenvalue weighted by atomic mass is 16.5. The van der Waals surface area contributed by atoms with Crippen LogP contribution in [0.4, 0.5) is 0 Å². The van der Waals surface area contributed by atoms with Gasteiger partial charge in [0.2, 0.25) is 0 Å². The summed E-state index contributed by atoms with van der Waals surface area (Å²) < 4.78 is 5.15. The molecule has 1 spiro atoms. The number of fused-ring (bicyclic) bond motifs is 1. The van der Waals surface area contributed by atoms with Gasteiger partial charge in [-0.2, -0.15) is 0 Å². The van der Waals surface area contributed by atoms with Gasteiger partial charge in [-0.15, -0.1) is 0 Å². The van der Waals surface area contributed by atoms with Crippen LogP contribution in [0.15, 0.2) is 78.9 Å². The van der Waals surface area contributed by atoms with Gasteiger partial charge in [0.25, 0.3) is 0 Å². The molecule has 210 valence electrons. The largest absolute Gasteiger partial charge is 0.469 e. The van der Waals surface area contributed by atoms with Crippen LogP contribution in [0.5, 0.6) is 0 Å². The molecule has 45 heavy (non-hydrogen) atoms. The van der Waals surface area contributed by atoms with Crippen molar-refractivity contribution in [3.63, 3.8) is 0 Å². The molecule has 3 atom stereocenters. The number of allylic oxidation sites excluding steroid dienone is 2. The molecule has 2 nitrogen and oxygen atoms in total. The SMILES string of the molecule is COC(=O)CCCC1(c2ccccc2)C23C=Cc4cc5c6c7c4C21c1c(c2ccc4ccc8cc(c6c6c8c4c2c6c17)C5)C=C3. The molecule has 1 fully saturated rings. The third-order valence-corrected chi connectivity index (χ3v) is 13.4. The topological polar surface area (TPSA) is 26.3 Å². The van der Waals surface area contributed by atoms with Gasteiger partial charge in [0, 0.05) is 22.7 Å². The van der Waals surface area contributed by atoms with Gasteiger partial charge < -0.3 is 4.74 Å². The summed E-state index contributed by atoms with van der Waals surface area (Å²) in [5.74, 6) is -0.119. The Bertz CT molecular complexity index is 2820. The van der Waals surface area contributed by atoms with Crippen LogP contribution in [-0.4, -0.2) is 13.1 Å². The number of hydrogen-bond donors (Lipinski definition) is 0. The standard InChI is InChI=1S/C43H26O2/c1-45-29(44)8-5-15-42(26-6-3-2-4-7-26)41-16-13-23-19-25-20-24-18-22-10-9-21-11-12-27-28(14-17-41)40-38-36-34(27)30(21)31(22)35(36)32(24)33(25)37(38)39(23)43(40,41)42/h2-4,6-7,9-14,16-19H,5,8,15,20H2,1H3. The number of methoxy groups -OCH3 is 1. The summed E-state index contributed by atoms with van der Waals surface area (Å²) in [6.45, 7) is 0. The second-order valence-corrected chi connectivity index (χ2v) is 14.5. The van der Waals surface area contributed by atoms with Crippen molar-refractivity contribution in [3.8, 4) is 0 Å². The van der Waals surface area contributed by atoms with Crippen LogP contribution in [0.2, 0.25) is 0 Å². The fraction of sp³-hybridized carbons (Fsp3) is 0.186. The lowest BCUT2D eigenvalue weighted by atomic mass is 9.71. The van der Waals surface area contributed by atoms with Crippen LogP contribution in [0.25, 0.3) is 76.8 Å². The smallest absolute Gasteiger partial charge is 0.305 e. The number of rotatable bonds is 5. The van der Waals surface area contributed by atoms with E-state index in [1.807, 2.05) is 0 Å². The van der Waals surface area contributed by atoms with Gasteiger partial charge in [-0.25, -0.2) is 0 Å². The normalized spacial score (nSPS) is 25.8. The summed E-state index contributed by atoms with van der Waals surface area (Å²) in [5.41, 5.74) is 9.74. The zero-order valence-electron chi connectivity index (χ0n) is 24.8. The molecule has 5 aliphatic carbocycles. The highest BCUT2D eigenvalue weighted by Gasteiger charge is 2.88. The maximum absolute atomic E-state index is 12.5. The van der Waals surface area contributed by atoms with E-state index in [1.165, 1.54) is 99.6 Å². The number of benzene rings is 7. The fourth-order valence-electron chi connectivity index (χ4n) is 12.3. The summed E-state index contributed by atoms with van der Waals surface area (Å²) in [6, 6.07) is 25.8. The highest BCUT2D eigenvalue weighted by molar-refractivity contribution is 6.51. The van der Waals surface area contributed by atoms with Crippen molar-refractivity contribution in [2.75, 3.05) is 7.11 Å². The second-order valence-electron chi connectivity index (χ2n) is 14.5. The third kappa shape index (κ3) is 1.88.